The zero-order chi connectivity index (χ0) is 12.0. The van der Waals surface area contributed by atoms with E-state index in [1.165, 1.54) is 0 Å². The second-order valence-corrected chi connectivity index (χ2v) is 5.68. The van der Waals surface area contributed by atoms with Gasteiger partial charge < -0.3 is 11.1 Å². The van der Waals surface area contributed by atoms with E-state index >= 15 is 0 Å². The highest BCUT2D eigenvalue weighted by molar-refractivity contribution is 5.38. The lowest BCUT2D eigenvalue weighted by Crippen LogP contribution is -2.10. The zero-order valence-corrected chi connectivity index (χ0v) is 10.4. The molecule has 4 nitrogen and oxygen atoms in total. The molecule has 3 N–H and O–H groups in total. The average molecular weight is 220 g/mol. The Morgan fingerprint density at radius 2 is 1.94 bits per heavy atom. The van der Waals surface area contributed by atoms with Crippen LogP contribution in [0.25, 0.3) is 0 Å². The van der Waals surface area contributed by atoms with Gasteiger partial charge in [-0.1, -0.05) is 27.7 Å². The van der Waals surface area contributed by atoms with Crippen LogP contribution >= 0.6 is 0 Å². The van der Waals surface area contributed by atoms with Crippen molar-refractivity contribution in [3.63, 3.8) is 0 Å². The summed E-state index contributed by atoms with van der Waals surface area (Å²) in [6, 6.07) is 1.85. The molecule has 0 radical (unpaired) electrons. The van der Waals surface area contributed by atoms with Crippen LogP contribution in [-0.4, -0.2) is 16.5 Å². The zero-order valence-electron chi connectivity index (χ0n) is 10.4. The maximum atomic E-state index is 5.52. The Balaban J connectivity index is 1.95. The quantitative estimate of drug-likeness (QED) is 0.819. The van der Waals surface area contributed by atoms with Gasteiger partial charge in [0.2, 0.25) is 5.95 Å². The predicted octanol–water partition coefficient (Wildman–Crippen LogP) is 2.15. The number of rotatable bonds is 3. The Hall–Kier alpha value is -1.32. The first-order valence-electron chi connectivity index (χ1n) is 5.68. The molecule has 0 unspecified atom stereocenters. The minimum absolute atomic E-state index is 0.319. The predicted molar refractivity (Wildman–Crippen MR) is 66.0 cm³/mol. The Morgan fingerprint density at radius 3 is 2.44 bits per heavy atom. The maximum absolute atomic E-state index is 5.52. The van der Waals surface area contributed by atoms with Crippen LogP contribution in [0.1, 0.15) is 27.7 Å². The minimum Gasteiger partial charge on any atom is -0.370 e. The van der Waals surface area contributed by atoms with Crippen molar-refractivity contribution in [2.75, 3.05) is 17.6 Å². The van der Waals surface area contributed by atoms with Crippen LogP contribution in [0.3, 0.4) is 0 Å². The molecule has 1 aromatic heterocycles. The lowest BCUT2D eigenvalue weighted by atomic mass is 10.0. The smallest absolute Gasteiger partial charge is 0.221 e. The molecule has 1 fully saturated rings. The number of nitrogen functional groups attached to an aromatic ring is 1. The highest BCUT2D eigenvalue weighted by Gasteiger charge is 2.64. The van der Waals surface area contributed by atoms with Gasteiger partial charge in [0.15, 0.2) is 0 Å². The van der Waals surface area contributed by atoms with Crippen molar-refractivity contribution in [3.8, 4) is 0 Å². The number of anilines is 2. The highest BCUT2D eigenvalue weighted by atomic mass is 15.1. The third-order valence-electron chi connectivity index (χ3n) is 4.48. The number of hydrogen-bond acceptors (Lipinski definition) is 4. The molecular weight excluding hydrogens is 200 g/mol. The first-order chi connectivity index (χ1) is 7.35. The average Bonchev–Trinajstić information content (AvgIpc) is 2.55. The van der Waals surface area contributed by atoms with Crippen LogP contribution in [0.4, 0.5) is 11.8 Å². The molecule has 4 heteroatoms. The van der Waals surface area contributed by atoms with E-state index in [0.29, 0.717) is 22.7 Å². The van der Waals surface area contributed by atoms with Crippen molar-refractivity contribution >= 4 is 11.8 Å². The van der Waals surface area contributed by atoms with Gasteiger partial charge in [-0.3, -0.25) is 0 Å². The second kappa shape index (κ2) is 3.34. The molecule has 0 spiro atoms. The van der Waals surface area contributed by atoms with E-state index in [-0.39, 0.29) is 0 Å². The third kappa shape index (κ3) is 1.62. The summed E-state index contributed by atoms with van der Waals surface area (Å²) < 4.78 is 0. The fourth-order valence-corrected chi connectivity index (χ4v) is 2.52. The summed E-state index contributed by atoms with van der Waals surface area (Å²) in [7, 11) is 0. The third-order valence-corrected chi connectivity index (χ3v) is 4.48. The van der Waals surface area contributed by atoms with Crippen molar-refractivity contribution < 1.29 is 0 Å². The first-order valence-corrected chi connectivity index (χ1v) is 5.68. The number of hydrogen-bond donors (Lipinski definition) is 2. The minimum atomic E-state index is 0.319. The number of nitrogens with one attached hydrogen (secondary N) is 1. The fraction of sp³-hybridized carbons (Fsp3) is 0.667. The largest absolute Gasteiger partial charge is 0.370 e. The van der Waals surface area contributed by atoms with Gasteiger partial charge in [-0.2, -0.15) is 4.98 Å². The number of aromatic nitrogens is 2. The molecule has 1 saturated carbocycles. The summed E-state index contributed by atoms with van der Waals surface area (Å²) in [4.78, 5) is 7.99. The Morgan fingerprint density at radius 1 is 1.31 bits per heavy atom. The van der Waals surface area contributed by atoms with Gasteiger partial charge in [-0.15, -0.1) is 0 Å². The fourth-order valence-electron chi connectivity index (χ4n) is 2.52. The van der Waals surface area contributed by atoms with E-state index < -0.39 is 0 Å². The summed E-state index contributed by atoms with van der Waals surface area (Å²) >= 11 is 0. The molecule has 0 aromatic carbocycles. The standard InChI is InChI=1S/C12H20N4/c1-11(2)8(12(11,3)4)7-15-9-5-6-14-10(13)16-9/h5-6,8H,7H2,1-4H3,(H3,13,14,15,16). The van der Waals surface area contributed by atoms with E-state index in [2.05, 4.69) is 43.0 Å². The van der Waals surface area contributed by atoms with Crippen LogP contribution in [-0.2, 0) is 0 Å². The van der Waals surface area contributed by atoms with Crippen LogP contribution in [0.5, 0.6) is 0 Å². The topological polar surface area (TPSA) is 63.8 Å². The summed E-state index contributed by atoms with van der Waals surface area (Å²) in [5.74, 6) is 1.81. The summed E-state index contributed by atoms with van der Waals surface area (Å²) in [6.07, 6.45) is 1.67. The molecule has 16 heavy (non-hydrogen) atoms. The number of nitrogens with two attached hydrogens (primary N) is 1. The van der Waals surface area contributed by atoms with Gasteiger partial charge in [0.05, 0.1) is 0 Å². The lowest BCUT2D eigenvalue weighted by Gasteiger charge is -2.06. The number of nitrogens with zero attached hydrogens (tertiary/aromatic N) is 2. The van der Waals surface area contributed by atoms with Gasteiger partial charge in [0, 0.05) is 12.7 Å². The molecule has 88 valence electrons. The Labute approximate surface area is 96.7 Å². The molecule has 1 aliphatic carbocycles. The maximum Gasteiger partial charge on any atom is 0.221 e. The van der Waals surface area contributed by atoms with Crippen LogP contribution < -0.4 is 11.1 Å². The van der Waals surface area contributed by atoms with Gasteiger partial charge in [-0.25, -0.2) is 4.98 Å². The normalized spacial score (nSPS) is 21.8. The lowest BCUT2D eigenvalue weighted by molar-refractivity contribution is 0.457. The van der Waals surface area contributed by atoms with Crippen molar-refractivity contribution in [2.45, 2.75) is 27.7 Å². The van der Waals surface area contributed by atoms with Crippen molar-refractivity contribution in [1.82, 2.24) is 9.97 Å². The molecule has 0 saturated heterocycles. The Bertz CT molecular complexity index is 384. The van der Waals surface area contributed by atoms with Crippen LogP contribution in [0.2, 0.25) is 0 Å². The highest BCUT2D eigenvalue weighted by Crippen LogP contribution is 2.68. The summed E-state index contributed by atoms with van der Waals surface area (Å²) in [6.45, 7) is 10.2. The summed E-state index contributed by atoms with van der Waals surface area (Å²) in [5, 5.41) is 3.33. The molecule has 0 amide bonds. The van der Waals surface area contributed by atoms with Gasteiger partial charge >= 0.3 is 0 Å². The van der Waals surface area contributed by atoms with E-state index in [1.807, 2.05) is 6.07 Å². The van der Waals surface area contributed by atoms with E-state index in [1.54, 1.807) is 6.20 Å². The van der Waals surface area contributed by atoms with Crippen LogP contribution in [0.15, 0.2) is 12.3 Å². The first kappa shape index (κ1) is 11.2. The molecule has 0 atom stereocenters. The molecule has 1 heterocycles. The second-order valence-electron chi connectivity index (χ2n) is 5.68. The summed E-state index contributed by atoms with van der Waals surface area (Å²) in [5.41, 5.74) is 6.33. The van der Waals surface area contributed by atoms with Gasteiger partial charge in [-0.05, 0) is 22.8 Å². The van der Waals surface area contributed by atoms with Crippen LogP contribution in [0, 0.1) is 16.7 Å². The SMILES string of the molecule is CC1(C)C(CNc2ccnc(N)n2)C1(C)C. The van der Waals surface area contributed by atoms with Crippen molar-refractivity contribution in [3.05, 3.63) is 12.3 Å². The molecule has 1 aromatic rings. The molecule has 0 bridgehead atoms. The van der Waals surface area contributed by atoms with E-state index in [9.17, 15) is 0 Å². The van der Waals surface area contributed by atoms with Crippen molar-refractivity contribution in [1.29, 1.82) is 0 Å². The van der Waals surface area contributed by atoms with E-state index in [4.69, 9.17) is 5.73 Å². The Kier molecular flexibility index (Phi) is 2.33. The molecule has 2 rings (SSSR count). The monoisotopic (exact) mass is 220 g/mol. The van der Waals surface area contributed by atoms with Crippen molar-refractivity contribution in [2.24, 2.45) is 16.7 Å². The van der Waals surface area contributed by atoms with E-state index in [0.717, 1.165) is 12.4 Å². The van der Waals surface area contributed by atoms with Gasteiger partial charge in [0.25, 0.3) is 0 Å². The molecule has 1 aliphatic rings. The van der Waals surface area contributed by atoms with Gasteiger partial charge in [0.1, 0.15) is 5.82 Å². The molecular formula is C12H20N4. The molecule has 0 aliphatic heterocycles.